The molecule has 0 radical (unpaired) electrons. The van der Waals surface area contributed by atoms with E-state index in [0.29, 0.717) is 10.6 Å². The van der Waals surface area contributed by atoms with Gasteiger partial charge in [-0.2, -0.15) is 0 Å². The molecule has 1 saturated heterocycles. The molecule has 1 atom stereocenters. The number of aliphatic hydroxyl groups is 1. The molecule has 9 heteroatoms. The van der Waals surface area contributed by atoms with Gasteiger partial charge in [0.25, 0.3) is 11.7 Å². The van der Waals surface area contributed by atoms with Crippen molar-refractivity contribution >= 4 is 40.7 Å². The van der Waals surface area contributed by atoms with Crippen molar-refractivity contribution in [3.05, 3.63) is 94.0 Å². The maximum atomic E-state index is 13.3. The summed E-state index contributed by atoms with van der Waals surface area (Å²) in [6.45, 7) is 1.85. The summed E-state index contributed by atoms with van der Waals surface area (Å²) in [6.07, 6.45) is 0. The van der Waals surface area contributed by atoms with Crippen molar-refractivity contribution in [2.24, 2.45) is 0 Å². The molecule has 3 aromatic carbocycles. The number of aromatic hydroxyl groups is 1. The lowest BCUT2D eigenvalue weighted by atomic mass is 9.95. The Balaban J connectivity index is 1.92. The van der Waals surface area contributed by atoms with Crippen molar-refractivity contribution in [3.63, 3.8) is 0 Å². The molecule has 3 aromatic rings. The summed E-state index contributed by atoms with van der Waals surface area (Å²) in [4.78, 5) is 40.1. The van der Waals surface area contributed by atoms with Crippen LogP contribution in [0.4, 0.5) is 5.69 Å². The van der Waals surface area contributed by atoms with Crippen LogP contribution in [-0.2, 0) is 14.3 Å². The first-order valence-electron chi connectivity index (χ1n) is 11.0. The Bertz CT molecular complexity index is 1380. The average molecular weight is 508 g/mol. The fraction of sp³-hybridized carbons (Fsp3) is 0.148. The molecule has 8 nitrogen and oxygen atoms in total. The Morgan fingerprint density at radius 1 is 1.03 bits per heavy atom. The highest BCUT2D eigenvalue weighted by atomic mass is 35.5. The molecule has 1 aliphatic rings. The van der Waals surface area contributed by atoms with E-state index in [4.69, 9.17) is 21.1 Å². The zero-order valence-corrected chi connectivity index (χ0v) is 20.2. The average Bonchev–Trinajstić information content (AvgIpc) is 3.14. The lowest BCUT2D eigenvalue weighted by molar-refractivity contribution is -0.132. The number of ether oxygens (including phenoxy) is 2. The van der Waals surface area contributed by atoms with Crippen LogP contribution in [0.1, 0.15) is 34.5 Å². The fourth-order valence-corrected chi connectivity index (χ4v) is 4.23. The first-order chi connectivity index (χ1) is 17.3. The van der Waals surface area contributed by atoms with Gasteiger partial charge < -0.3 is 19.7 Å². The smallest absolute Gasteiger partial charge is 0.338 e. The zero-order chi connectivity index (χ0) is 26.0. The van der Waals surface area contributed by atoms with E-state index >= 15 is 0 Å². The van der Waals surface area contributed by atoms with Crippen LogP contribution in [0, 0.1) is 0 Å². The van der Waals surface area contributed by atoms with Crippen LogP contribution in [0.5, 0.6) is 11.5 Å². The first kappa shape index (κ1) is 24.8. The molecule has 1 heterocycles. The van der Waals surface area contributed by atoms with Gasteiger partial charge in [-0.15, -0.1) is 0 Å². The zero-order valence-electron chi connectivity index (χ0n) is 19.4. The van der Waals surface area contributed by atoms with E-state index in [-0.39, 0.29) is 40.5 Å². The number of phenols is 1. The molecular weight excluding hydrogens is 486 g/mol. The van der Waals surface area contributed by atoms with Crippen LogP contribution < -0.4 is 9.64 Å². The molecule has 0 saturated carbocycles. The van der Waals surface area contributed by atoms with Gasteiger partial charge in [0.1, 0.15) is 17.3 Å². The molecule has 0 aromatic heterocycles. The molecule has 0 bridgehead atoms. The van der Waals surface area contributed by atoms with Gasteiger partial charge in [-0.25, -0.2) is 4.79 Å². The third-order valence-corrected chi connectivity index (χ3v) is 6.03. The highest BCUT2D eigenvalue weighted by molar-refractivity contribution is 6.51. The molecule has 0 aliphatic carbocycles. The minimum atomic E-state index is -1.05. The summed E-state index contributed by atoms with van der Waals surface area (Å²) in [6, 6.07) is 15.5. The predicted molar refractivity (Wildman–Crippen MR) is 133 cm³/mol. The largest absolute Gasteiger partial charge is 0.508 e. The number of methoxy groups -OCH3 is 1. The number of nitrogens with zero attached hydrogens (tertiary/aromatic N) is 1. The molecule has 36 heavy (non-hydrogen) atoms. The van der Waals surface area contributed by atoms with Crippen molar-refractivity contribution < 1.29 is 34.1 Å². The SMILES string of the molecule is CCOC(=O)c1cccc(N2C(=O)C(=O)/C(=C(/O)c3ccc(Cl)c(OC)c3)C2c2ccc(O)cc2)c1. The number of halogens is 1. The summed E-state index contributed by atoms with van der Waals surface area (Å²) in [5.41, 5.74) is 0.961. The number of benzene rings is 3. The second-order valence-corrected chi connectivity index (χ2v) is 8.29. The minimum absolute atomic E-state index is 0.0116. The quantitative estimate of drug-likeness (QED) is 0.212. The van der Waals surface area contributed by atoms with Gasteiger partial charge >= 0.3 is 5.97 Å². The number of Topliss-reactive ketones (excluding diaryl/α,β-unsaturated/α-hetero) is 1. The van der Waals surface area contributed by atoms with Gasteiger partial charge in [0.15, 0.2) is 0 Å². The number of carbonyl (C=O) groups is 3. The van der Waals surface area contributed by atoms with Crippen LogP contribution in [0.15, 0.2) is 72.3 Å². The molecule has 0 spiro atoms. The first-order valence-corrected chi connectivity index (χ1v) is 11.4. The van der Waals surface area contributed by atoms with Gasteiger partial charge in [-0.3, -0.25) is 14.5 Å². The number of rotatable bonds is 6. The standard InChI is InChI=1S/C27H22ClNO7/c1-3-36-27(34)17-5-4-6-18(13-17)29-23(15-7-10-19(30)11-8-15)22(25(32)26(29)33)24(31)16-9-12-20(28)21(14-16)35-2/h4-14,23,30-31H,3H2,1-2H3/b24-22+. The van der Waals surface area contributed by atoms with Gasteiger partial charge in [-0.05, 0) is 61.0 Å². The van der Waals surface area contributed by atoms with E-state index in [9.17, 15) is 24.6 Å². The molecule has 1 amide bonds. The monoisotopic (exact) mass is 507 g/mol. The van der Waals surface area contributed by atoms with E-state index in [1.165, 1.54) is 54.5 Å². The number of hydrogen-bond acceptors (Lipinski definition) is 7. The molecule has 1 unspecified atom stereocenters. The third kappa shape index (κ3) is 4.50. The summed E-state index contributed by atoms with van der Waals surface area (Å²) in [7, 11) is 1.41. The van der Waals surface area contributed by atoms with E-state index in [1.807, 2.05) is 0 Å². The number of hydrogen-bond donors (Lipinski definition) is 2. The van der Waals surface area contributed by atoms with Crippen molar-refractivity contribution in [3.8, 4) is 11.5 Å². The number of carbonyl (C=O) groups excluding carboxylic acids is 3. The minimum Gasteiger partial charge on any atom is -0.508 e. The molecule has 184 valence electrons. The lowest BCUT2D eigenvalue weighted by Gasteiger charge is -2.26. The van der Waals surface area contributed by atoms with Crippen LogP contribution >= 0.6 is 11.6 Å². The number of ketones is 1. The number of phenolic OH excluding ortho intramolecular Hbond substituents is 1. The van der Waals surface area contributed by atoms with Crippen molar-refractivity contribution in [2.75, 3.05) is 18.6 Å². The Kier molecular flexibility index (Phi) is 6.98. The van der Waals surface area contributed by atoms with Crippen LogP contribution in [0.2, 0.25) is 5.02 Å². The van der Waals surface area contributed by atoms with Gasteiger partial charge in [0.2, 0.25) is 0 Å². The summed E-state index contributed by atoms with van der Waals surface area (Å²) < 4.78 is 10.3. The molecular formula is C27H22ClNO7. The van der Waals surface area contributed by atoms with Gasteiger partial charge in [0.05, 0.1) is 35.9 Å². The second kappa shape index (κ2) is 10.1. The highest BCUT2D eigenvalue weighted by Crippen LogP contribution is 2.43. The maximum Gasteiger partial charge on any atom is 0.338 e. The summed E-state index contributed by atoms with van der Waals surface area (Å²) in [5.74, 6) is -2.55. The Labute approximate surface area is 211 Å². The van der Waals surface area contributed by atoms with Crippen LogP contribution in [0.25, 0.3) is 5.76 Å². The normalized spacial score (nSPS) is 16.8. The summed E-state index contributed by atoms with van der Waals surface area (Å²) >= 11 is 6.10. The van der Waals surface area contributed by atoms with E-state index < -0.39 is 29.5 Å². The van der Waals surface area contributed by atoms with E-state index in [2.05, 4.69) is 0 Å². The number of esters is 1. The Morgan fingerprint density at radius 3 is 2.42 bits per heavy atom. The van der Waals surface area contributed by atoms with Crippen molar-refractivity contribution in [1.82, 2.24) is 0 Å². The van der Waals surface area contributed by atoms with Crippen molar-refractivity contribution in [2.45, 2.75) is 13.0 Å². The van der Waals surface area contributed by atoms with Gasteiger partial charge in [0, 0.05) is 11.3 Å². The van der Waals surface area contributed by atoms with Crippen molar-refractivity contribution in [1.29, 1.82) is 0 Å². The fourth-order valence-electron chi connectivity index (χ4n) is 4.03. The van der Waals surface area contributed by atoms with E-state index in [0.717, 1.165) is 0 Å². The Morgan fingerprint density at radius 2 is 1.75 bits per heavy atom. The molecule has 4 rings (SSSR count). The van der Waals surface area contributed by atoms with Gasteiger partial charge in [-0.1, -0.05) is 29.8 Å². The number of aliphatic hydroxyl groups excluding tert-OH is 1. The predicted octanol–water partition coefficient (Wildman–Crippen LogP) is 4.86. The molecule has 1 aliphatic heterocycles. The van der Waals surface area contributed by atoms with Crippen LogP contribution in [0.3, 0.4) is 0 Å². The van der Waals surface area contributed by atoms with E-state index in [1.54, 1.807) is 31.2 Å². The number of amides is 1. The number of anilines is 1. The topological polar surface area (TPSA) is 113 Å². The molecule has 2 N–H and O–H groups in total. The lowest BCUT2D eigenvalue weighted by Crippen LogP contribution is -2.29. The highest BCUT2D eigenvalue weighted by Gasteiger charge is 2.47. The second-order valence-electron chi connectivity index (χ2n) is 7.88. The third-order valence-electron chi connectivity index (χ3n) is 5.71. The summed E-state index contributed by atoms with van der Waals surface area (Å²) in [5, 5.41) is 21.3. The maximum absolute atomic E-state index is 13.3. The Hall–Kier alpha value is -4.30. The van der Waals surface area contributed by atoms with Crippen LogP contribution in [-0.4, -0.2) is 41.6 Å². The molecule has 1 fully saturated rings.